The van der Waals surface area contributed by atoms with E-state index >= 15 is 0 Å². The van der Waals surface area contributed by atoms with Crippen LogP contribution in [-0.4, -0.2) is 53.1 Å². The highest BCUT2D eigenvalue weighted by molar-refractivity contribution is 5.08. The average molecular weight is 230 g/mol. The van der Waals surface area contributed by atoms with Crippen LogP contribution in [0.25, 0.3) is 0 Å². The largest absolute Gasteiger partial charge is 0.461 e. The van der Waals surface area contributed by atoms with Gasteiger partial charge in [0.25, 0.3) is 5.95 Å². The number of allylic oxidation sites excluding steroid dienone is 2. The number of aliphatic hydroxyl groups is 3. The molecule has 4 atom stereocenters. The van der Waals surface area contributed by atoms with Crippen LogP contribution in [0.1, 0.15) is 0 Å². The Labute approximate surface area is 92.4 Å². The second-order valence-corrected chi connectivity index (χ2v) is 3.59. The van der Waals surface area contributed by atoms with Gasteiger partial charge in [-0.15, -0.1) is 0 Å². The second-order valence-electron chi connectivity index (χ2n) is 3.59. The molecular weight excluding hydrogens is 216 g/mol. The molecule has 0 aromatic carbocycles. The first kappa shape index (κ1) is 11.4. The third-order valence-electron chi connectivity index (χ3n) is 2.38. The van der Waals surface area contributed by atoms with Crippen molar-refractivity contribution in [3.63, 3.8) is 0 Å². The second kappa shape index (κ2) is 4.84. The van der Waals surface area contributed by atoms with E-state index in [2.05, 4.69) is 0 Å². The van der Waals surface area contributed by atoms with Crippen molar-refractivity contribution >= 4 is 0 Å². The van der Waals surface area contributed by atoms with E-state index in [-0.39, 0.29) is 12.6 Å². The van der Waals surface area contributed by atoms with Gasteiger partial charge in [-0.3, -0.25) is 0 Å². The zero-order valence-electron chi connectivity index (χ0n) is 8.52. The molecule has 6 heteroatoms. The minimum atomic E-state index is -1.31. The van der Waals surface area contributed by atoms with Gasteiger partial charge in [0.05, 0.1) is 6.61 Å². The number of aliphatic hydroxyl groups excluding tert-OH is 3. The van der Waals surface area contributed by atoms with Crippen LogP contribution in [0.2, 0.25) is 0 Å². The summed E-state index contributed by atoms with van der Waals surface area (Å²) in [4.78, 5) is 0. The van der Waals surface area contributed by atoms with E-state index in [1.807, 2.05) is 0 Å². The average Bonchev–Trinajstić information content (AvgIpc) is 2.31. The van der Waals surface area contributed by atoms with Gasteiger partial charge in [-0.05, 0) is 6.08 Å². The Hall–Kier alpha value is -1.08. The highest BCUT2D eigenvalue weighted by atomic mass is 16.8. The van der Waals surface area contributed by atoms with E-state index in [4.69, 9.17) is 14.2 Å². The summed E-state index contributed by atoms with van der Waals surface area (Å²) in [6, 6.07) is 0. The van der Waals surface area contributed by atoms with Gasteiger partial charge in [-0.25, -0.2) is 0 Å². The fourth-order valence-electron chi connectivity index (χ4n) is 1.45. The van der Waals surface area contributed by atoms with Crippen molar-refractivity contribution < 1.29 is 29.5 Å². The highest BCUT2D eigenvalue weighted by Crippen LogP contribution is 2.20. The summed E-state index contributed by atoms with van der Waals surface area (Å²) < 4.78 is 15.4. The maximum Gasteiger partial charge on any atom is 0.281 e. The molecule has 1 saturated heterocycles. The minimum absolute atomic E-state index is 0.0913. The molecular formula is C10H14O6. The quantitative estimate of drug-likeness (QED) is 0.556. The van der Waals surface area contributed by atoms with Crippen molar-refractivity contribution in [2.24, 2.45) is 0 Å². The molecule has 0 aromatic heterocycles. The molecule has 2 heterocycles. The lowest BCUT2D eigenvalue weighted by Gasteiger charge is -2.35. The smallest absolute Gasteiger partial charge is 0.281 e. The summed E-state index contributed by atoms with van der Waals surface area (Å²) in [6.07, 6.45) is 0.407. The maximum atomic E-state index is 9.58. The molecule has 3 N–H and O–H groups in total. The Morgan fingerprint density at radius 2 is 2.06 bits per heavy atom. The predicted molar refractivity (Wildman–Crippen MR) is 52.0 cm³/mol. The zero-order valence-corrected chi connectivity index (χ0v) is 8.52. The number of hydrogen-bond donors (Lipinski definition) is 3. The van der Waals surface area contributed by atoms with Crippen molar-refractivity contribution in [2.45, 2.75) is 24.6 Å². The summed E-state index contributed by atoms with van der Waals surface area (Å²) in [5.74, 6) is 0.218. The first-order chi connectivity index (χ1) is 7.68. The highest BCUT2D eigenvalue weighted by Gasteiger charge is 2.39. The van der Waals surface area contributed by atoms with Gasteiger partial charge in [0, 0.05) is 6.08 Å². The van der Waals surface area contributed by atoms with E-state index in [0.29, 0.717) is 6.61 Å². The standard InChI is InChI=1S/C10H14O6/c11-6-5-15-10(9(13)8(6)12)16-7-3-1-2-4-14-7/h1-3,6,8-13H,4-5H2/t6-,8+,9-,10-/m1/s1. The van der Waals surface area contributed by atoms with Gasteiger partial charge in [-0.2, -0.15) is 0 Å². The molecule has 0 aliphatic carbocycles. The lowest BCUT2D eigenvalue weighted by molar-refractivity contribution is -0.269. The molecule has 0 aromatic rings. The van der Waals surface area contributed by atoms with Gasteiger partial charge in [0.1, 0.15) is 24.9 Å². The van der Waals surface area contributed by atoms with E-state index in [0.717, 1.165) is 0 Å². The first-order valence-corrected chi connectivity index (χ1v) is 5.00. The Kier molecular flexibility index (Phi) is 3.45. The molecule has 16 heavy (non-hydrogen) atoms. The Bertz CT molecular complexity index is 300. The fourth-order valence-corrected chi connectivity index (χ4v) is 1.45. The van der Waals surface area contributed by atoms with Crippen molar-refractivity contribution in [3.05, 3.63) is 24.2 Å². The van der Waals surface area contributed by atoms with Crippen LogP contribution in [-0.2, 0) is 14.2 Å². The Morgan fingerprint density at radius 3 is 2.75 bits per heavy atom. The lowest BCUT2D eigenvalue weighted by Crippen LogP contribution is -2.53. The van der Waals surface area contributed by atoms with Crippen LogP contribution >= 0.6 is 0 Å². The third kappa shape index (κ3) is 2.35. The van der Waals surface area contributed by atoms with Crippen molar-refractivity contribution in [3.8, 4) is 0 Å². The molecule has 0 saturated carbocycles. The number of hydrogen-bond acceptors (Lipinski definition) is 6. The summed E-state index contributed by atoms with van der Waals surface area (Å²) in [5, 5.41) is 28.2. The van der Waals surface area contributed by atoms with E-state index in [1.165, 1.54) is 0 Å². The molecule has 6 nitrogen and oxygen atoms in total. The predicted octanol–water partition coefficient (Wildman–Crippen LogP) is -1.13. The van der Waals surface area contributed by atoms with Gasteiger partial charge >= 0.3 is 0 Å². The van der Waals surface area contributed by atoms with E-state index in [1.54, 1.807) is 18.2 Å². The minimum Gasteiger partial charge on any atom is -0.461 e. The first-order valence-electron chi connectivity index (χ1n) is 5.00. The van der Waals surface area contributed by atoms with Crippen LogP contribution in [0.5, 0.6) is 0 Å². The fraction of sp³-hybridized carbons (Fsp3) is 0.600. The molecule has 2 aliphatic rings. The molecule has 0 radical (unpaired) electrons. The lowest BCUT2D eigenvalue weighted by atomic mass is 10.1. The molecule has 90 valence electrons. The van der Waals surface area contributed by atoms with Crippen LogP contribution in [0, 0.1) is 0 Å². The van der Waals surface area contributed by atoms with Gasteiger partial charge in [0.15, 0.2) is 0 Å². The maximum absolute atomic E-state index is 9.58. The Morgan fingerprint density at radius 1 is 1.25 bits per heavy atom. The van der Waals surface area contributed by atoms with Crippen LogP contribution in [0.3, 0.4) is 0 Å². The van der Waals surface area contributed by atoms with Crippen molar-refractivity contribution in [1.29, 1.82) is 0 Å². The topological polar surface area (TPSA) is 88.4 Å². The van der Waals surface area contributed by atoms with Crippen molar-refractivity contribution in [1.82, 2.24) is 0 Å². The number of rotatable bonds is 2. The summed E-state index contributed by atoms with van der Waals surface area (Å²) >= 11 is 0. The molecule has 0 unspecified atom stereocenters. The summed E-state index contributed by atoms with van der Waals surface area (Å²) in [5.41, 5.74) is 0. The van der Waals surface area contributed by atoms with E-state index in [9.17, 15) is 15.3 Å². The van der Waals surface area contributed by atoms with Crippen LogP contribution in [0.4, 0.5) is 0 Å². The van der Waals surface area contributed by atoms with Crippen molar-refractivity contribution in [2.75, 3.05) is 13.2 Å². The summed E-state index contributed by atoms with van der Waals surface area (Å²) in [6.45, 7) is 0.297. The number of ether oxygens (including phenoxy) is 3. The molecule has 0 bridgehead atoms. The van der Waals surface area contributed by atoms with Crippen LogP contribution in [0.15, 0.2) is 24.2 Å². The molecule has 0 amide bonds. The molecule has 1 fully saturated rings. The Balaban J connectivity index is 1.94. The molecule has 2 aliphatic heterocycles. The van der Waals surface area contributed by atoms with Gasteiger partial charge in [0.2, 0.25) is 6.29 Å². The van der Waals surface area contributed by atoms with Gasteiger partial charge < -0.3 is 29.5 Å². The normalized spacial score (nSPS) is 38.8. The SMILES string of the molecule is O[C@@H]1[C@@H](O)[C@@H](OC2=CC=CCO2)OC[C@H]1O. The third-order valence-corrected chi connectivity index (χ3v) is 2.38. The summed E-state index contributed by atoms with van der Waals surface area (Å²) in [7, 11) is 0. The van der Waals surface area contributed by atoms with Gasteiger partial charge in [-0.1, -0.05) is 6.08 Å². The monoisotopic (exact) mass is 230 g/mol. The zero-order chi connectivity index (χ0) is 11.5. The van der Waals surface area contributed by atoms with E-state index < -0.39 is 24.6 Å². The molecule has 2 rings (SSSR count). The molecule has 0 spiro atoms. The van der Waals surface area contributed by atoms with Crippen LogP contribution < -0.4 is 0 Å².